The molecule has 0 N–H and O–H groups in total. The van der Waals surface area contributed by atoms with E-state index in [4.69, 9.17) is 9.98 Å². The molecule has 1 aliphatic carbocycles. The molecule has 2 aromatic rings. The number of fused-ring (bicyclic) bond motifs is 2. The first kappa shape index (κ1) is 11.4. The number of hydrogen-bond donors (Lipinski definition) is 0. The van der Waals surface area contributed by atoms with Gasteiger partial charge < -0.3 is 4.90 Å². The molecule has 2 atom stereocenters. The van der Waals surface area contributed by atoms with E-state index in [2.05, 4.69) is 60.4 Å². The number of aromatic nitrogens is 1. The Bertz CT molecular complexity index is 758. The smallest absolute Gasteiger partial charge is 0.135 e. The summed E-state index contributed by atoms with van der Waals surface area (Å²) in [6.07, 6.45) is 8.50. The fourth-order valence-electron chi connectivity index (χ4n) is 2.94. The van der Waals surface area contributed by atoms with Crippen LogP contribution in [0.25, 0.3) is 10.9 Å². The van der Waals surface area contributed by atoms with Crippen molar-refractivity contribution >= 4 is 22.6 Å². The highest BCUT2D eigenvalue weighted by molar-refractivity contribution is 5.99. The fourth-order valence-corrected chi connectivity index (χ4v) is 2.94. The second-order valence-corrected chi connectivity index (χ2v) is 5.16. The van der Waals surface area contributed by atoms with Crippen LogP contribution < -0.4 is 4.90 Å². The summed E-state index contributed by atoms with van der Waals surface area (Å²) in [6.45, 7) is 2.05. The topological polar surface area (TPSA) is 28.5 Å². The Morgan fingerprint density at radius 2 is 1.85 bits per heavy atom. The van der Waals surface area contributed by atoms with Gasteiger partial charge in [-0.25, -0.2) is 4.98 Å². The van der Waals surface area contributed by atoms with Crippen molar-refractivity contribution in [2.75, 3.05) is 4.90 Å². The van der Waals surface area contributed by atoms with Crippen molar-refractivity contribution in [3.8, 4) is 0 Å². The Balaban J connectivity index is 1.80. The third-order valence-electron chi connectivity index (χ3n) is 3.89. The first-order valence-corrected chi connectivity index (χ1v) is 6.87. The lowest BCUT2D eigenvalue weighted by Crippen LogP contribution is -2.38. The minimum absolute atomic E-state index is 0.216. The lowest BCUT2D eigenvalue weighted by molar-refractivity contribution is 0.734. The zero-order valence-electron chi connectivity index (χ0n) is 11.3. The molecule has 2 aliphatic rings. The predicted octanol–water partition coefficient (Wildman–Crippen LogP) is 3.34. The Kier molecular flexibility index (Phi) is 2.46. The number of anilines is 1. The number of aliphatic imine (C=N–C) groups is 1. The molecule has 1 aliphatic heterocycles. The molecule has 3 nitrogen and oxygen atoms in total. The molecule has 1 aromatic heterocycles. The number of amidine groups is 1. The van der Waals surface area contributed by atoms with Crippen LogP contribution in [-0.2, 0) is 0 Å². The van der Waals surface area contributed by atoms with Crippen molar-refractivity contribution in [2.24, 2.45) is 4.99 Å². The Labute approximate surface area is 118 Å². The van der Waals surface area contributed by atoms with E-state index in [1.807, 2.05) is 12.1 Å². The van der Waals surface area contributed by atoms with Crippen molar-refractivity contribution in [3.05, 3.63) is 60.7 Å². The number of nitrogens with zero attached hydrogens (tertiary/aromatic N) is 3. The molecular formula is C17H15N3. The molecule has 0 radical (unpaired) electrons. The number of para-hydroxylation sites is 1. The van der Waals surface area contributed by atoms with Gasteiger partial charge >= 0.3 is 0 Å². The summed E-state index contributed by atoms with van der Waals surface area (Å²) in [5, 5.41) is 1.17. The summed E-state index contributed by atoms with van der Waals surface area (Å²) in [6, 6.07) is 12.9. The van der Waals surface area contributed by atoms with E-state index in [9.17, 15) is 0 Å². The highest BCUT2D eigenvalue weighted by Crippen LogP contribution is 2.28. The van der Waals surface area contributed by atoms with Crippen LogP contribution in [-0.4, -0.2) is 22.9 Å². The van der Waals surface area contributed by atoms with Crippen molar-refractivity contribution in [1.82, 2.24) is 4.98 Å². The van der Waals surface area contributed by atoms with Crippen molar-refractivity contribution in [2.45, 2.75) is 19.0 Å². The average Bonchev–Trinajstić information content (AvgIpc) is 2.82. The normalized spacial score (nSPS) is 24.1. The second kappa shape index (κ2) is 4.30. The van der Waals surface area contributed by atoms with Crippen LogP contribution in [0.1, 0.15) is 6.92 Å². The minimum Gasteiger partial charge on any atom is -0.305 e. The Morgan fingerprint density at radius 3 is 2.80 bits per heavy atom. The molecular weight excluding hydrogens is 246 g/mol. The van der Waals surface area contributed by atoms with Crippen LogP contribution in [0.5, 0.6) is 0 Å². The van der Waals surface area contributed by atoms with Gasteiger partial charge in [0.05, 0.1) is 17.6 Å². The molecule has 98 valence electrons. The molecule has 2 heterocycles. The Morgan fingerprint density at radius 1 is 1.00 bits per heavy atom. The van der Waals surface area contributed by atoms with Gasteiger partial charge in [0.2, 0.25) is 0 Å². The standard InChI is InChI=1S/C17H15N3/c1-12-18-15-8-4-5-9-16(15)20(12)17-11-10-13-6-2-3-7-14(13)19-17/h2-11,15-16H,1H3. The van der Waals surface area contributed by atoms with Gasteiger partial charge in [0.1, 0.15) is 11.7 Å². The summed E-state index contributed by atoms with van der Waals surface area (Å²) in [4.78, 5) is 11.7. The summed E-state index contributed by atoms with van der Waals surface area (Å²) in [5.74, 6) is 2.00. The van der Waals surface area contributed by atoms with Crippen LogP contribution in [0.3, 0.4) is 0 Å². The maximum atomic E-state index is 4.79. The SMILES string of the molecule is CC1=NC2C=CC=CC2N1c1ccc2ccccc2n1. The van der Waals surface area contributed by atoms with Gasteiger partial charge in [0, 0.05) is 5.39 Å². The molecule has 0 bridgehead atoms. The van der Waals surface area contributed by atoms with E-state index in [1.54, 1.807) is 0 Å². The molecule has 20 heavy (non-hydrogen) atoms. The minimum atomic E-state index is 0.216. The highest BCUT2D eigenvalue weighted by Gasteiger charge is 2.33. The lowest BCUT2D eigenvalue weighted by atomic mass is 10.0. The van der Waals surface area contributed by atoms with Crippen molar-refractivity contribution in [1.29, 1.82) is 0 Å². The van der Waals surface area contributed by atoms with E-state index in [-0.39, 0.29) is 12.1 Å². The summed E-state index contributed by atoms with van der Waals surface area (Å²) < 4.78 is 0. The van der Waals surface area contributed by atoms with Gasteiger partial charge in [-0.3, -0.25) is 4.99 Å². The molecule has 0 saturated carbocycles. The van der Waals surface area contributed by atoms with Crippen LogP contribution in [0.15, 0.2) is 65.7 Å². The summed E-state index contributed by atoms with van der Waals surface area (Å²) >= 11 is 0. The lowest BCUT2D eigenvalue weighted by Gasteiger charge is -2.27. The number of hydrogen-bond acceptors (Lipinski definition) is 3. The quantitative estimate of drug-likeness (QED) is 0.787. The van der Waals surface area contributed by atoms with Gasteiger partial charge in [-0.15, -0.1) is 0 Å². The molecule has 2 unspecified atom stereocenters. The Hall–Kier alpha value is -2.42. The zero-order valence-corrected chi connectivity index (χ0v) is 11.3. The van der Waals surface area contributed by atoms with Crippen LogP contribution >= 0.6 is 0 Å². The number of allylic oxidation sites excluding steroid dienone is 2. The van der Waals surface area contributed by atoms with Gasteiger partial charge in [0.25, 0.3) is 0 Å². The van der Waals surface area contributed by atoms with Crippen LogP contribution in [0, 0.1) is 0 Å². The number of pyridine rings is 1. The van der Waals surface area contributed by atoms with E-state index < -0.39 is 0 Å². The molecule has 4 rings (SSSR count). The maximum Gasteiger partial charge on any atom is 0.135 e. The average molecular weight is 261 g/mol. The highest BCUT2D eigenvalue weighted by atomic mass is 15.3. The third kappa shape index (κ3) is 1.67. The molecule has 1 aromatic carbocycles. The van der Waals surface area contributed by atoms with Gasteiger partial charge in [-0.2, -0.15) is 0 Å². The molecule has 0 amide bonds. The predicted molar refractivity (Wildman–Crippen MR) is 83.2 cm³/mol. The first-order chi connectivity index (χ1) is 9.83. The summed E-state index contributed by atoms with van der Waals surface area (Å²) in [7, 11) is 0. The van der Waals surface area contributed by atoms with Crippen LogP contribution in [0.2, 0.25) is 0 Å². The molecule has 3 heteroatoms. The first-order valence-electron chi connectivity index (χ1n) is 6.87. The van der Waals surface area contributed by atoms with Crippen molar-refractivity contribution < 1.29 is 0 Å². The third-order valence-corrected chi connectivity index (χ3v) is 3.89. The largest absolute Gasteiger partial charge is 0.305 e. The number of rotatable bonds is 1. The molecule has 0 saturated heterocycles. The fraction of sp³-hybridized carbons (Fsp3) is 0.176. The van der Waals surface area contributed by atoms with E-state index in [0.29, 0.717) is 0 Å². The summed E-state index contributed by atoms with van der Waals surface area (Å²) in [5.41, 5.74) is 1.02. The zero-order chi connectivity index (χ0) is 13.5. The number of benzene rings is 1. The van der Waals surface area contributed by atoms with E-state index in [0.717, 1.165) is 17.2 Å². The van der Waals surface area contributed by atoms with E-state index >= 15 is 0 Å². The van der Waals surface area contributed by atoms with Crippen LogP contribution in [0.4, 0.5) is 5.82 Å². The molecule has 0 spiro atoms. The van der Waals surface area contributed by atoms with Gasteiger partial charge in [-0.05, 0) is 25.1 Å². The van der Waals surface area contributed by atoms with Gasteiger partial charge in [0.15, 0.2) is 0 Å². The second-order valence-electron chi connectivity index (χ2n) is 5.16. The van der Waals surface area contributed by atoms with Crippen molar-refractivity contribution in [3.63, 3.8) is 0 Å². The maximum absolute atomic E-state index is 4.79. The monoisotopic (exact) mass is 261 g/mol. The molecule has 0 fully saturated rings. The van der Waals surface area contributed by atoms with Gasteiger partial charge in [-0.1, -0.05) is 42.5 Å². The van der Waals surface area contributed by atoms with E-state index in [1.165, 1.54) is 5.39 Å².